The molecule has 1 heterocycles. The van der Waals surface area contributed by atoms with E-state index in [2.05, 4.69) is 17.1 Å². The molecular formula is C26H32ClN3O2. The van der Waals surface area contributed by atoms with Gasteiger partial charge in [-0.1, -0.05) is 68.1 Å². The molecule has 0 bridgehead atoms. The predicted octanol–water partition coefficient (Wildman–Crippen LogP) is 5.61. The van der Waals surface area contributed by atoms with E-state index in [1.54, 1.807) is 12.1 Å². The largest absolute Gasteiger partial charge is 0.366 e. The Morgan fingerprint density at radius 1 is 1.00 bits per heavy atom. The second-order valence-electron chi connectivity index (χ2n) is 8.08. The fourth-order valence-electron chi connectivity index (χ4n) is 3.81. The van der Waals surface area contributed by atoms with E-state index in [0.717, 1.165) is 42.6 Å². The Kier molecular flexibility index (Phi) is 9.17. The van der Waals surface area contributed by atoms with Gasteiger partial charge < -0.3 is 15.1 Å². The minimum absolute atomic E-state index is 0.0180. The van der Waals surface area contributed by atoms with Gasteiger partial charge in [-0.25, -0.2) is 0 Å². The van der Waals surface area contributed by atoms with Crippen molar-refractivity contribution in [2.24, 2.45) is 0 Å². The van der Waals surface area contributed by atoms with Crippen molar-refractivity contribution in [3.8, 4) is 0 Å². The van der Waals surface area contributed by atoms with E-state index in [-0.39, 0.29) is 11.8 Å². The molecule has 0 radical (unpaired) electrons. The van der Waals surface area contributed by atoms with Crippen LogP contribution in [0.2, 0.25) is 5.02 Å². The van der Waals surface area contributed by atoms with Gasteiger partial charge in [0.2, 0.25) is 11.8 Å². The van der Waals surface area contributed by atoms with Crippen LogP contribution >= 0.6 is 11.6 Å². The minimum atomic E-state index is 0.0180. The van der Waals surface area contributed by atoms with Crippen LogP contribution in [0.1, 0.15) is 44.6 Å². The second-order valence-corrected chi connectivity index (χ2v) is 8.51. The van der Waals surface area contributed by atoms with Crippen molar-refractivity contribution in [2.75, 3.05) is 36.4 Å². The van der Waals surface area contributed by atoms with E-state index in [0.29, 0.717) is 37.6 Å². The van der Waals surface area contributed by atoms with Crippen molar-refractivity contribution in [3.63, 3.8) is 0 Å². The third-order valence-electron chi connectivity index (χ3n) is 5.64. The van der Waals surface area contributed by atoms with Gasteiger partial charge in [-0.05, 0) is 36.3 Å². The molecule has 0 spiro atoms. The lowest BCUT2D eigenvalue weighted by Crippen LogP contribution is -2.48. The van der Waals surface area contributed by atoms with Crippen molar-refractivity contribution in [1.82, 2.24) is 4.90 Å². The zero-order chi connectivity index (χ0) is 22.8. The fraction of sp³-hybridized carbons (Fsp3) is 0.385. The quantitative estimate of drug-likeness (QED) is 0.396. The van der Waals surface area contributed by atoms with Crippen molar-refractivity contribution < 1.29 is 9.59 Å². The smallest absolute Gasteiger partial charge is 0.246 e. The van der Waals surface area contributed by atoms with Crippen LogP contribution in [0.4, 0.5) is 11.4 Å². The molecule has 1 saturated heterocycles. The molecule has 2 amide bonds. The number of rotatable bonds is 9. The Morgan fingerprint density at radius 2 is 1.75 bits per heavy atom. The number of unbranched alkanes of at least 4 members (excludes halogenated alkanes) is 3. The molecule has 170 valence electrons. The topological polar surface area (TPSA) is 52.7 Å². The summed E-state index contributed by atoms with van der Waals surface area (Å²) in [4.78, 5) is 29.0. The van der Waals surface area contributed by atoms with Gasteiger partial charge in [-0.2, -0.15) is 0 Å². The van der Waals surface area contributed by atoms with Crippen LogP contribution in [0.3, 0.4) is 0 Å². The first-order valence-electron chi connectivity index (χ1n) is 11.4. The van der Waals surface area contributed by atoms with Gasteiger partial charge in [0.1, 0.15) is 0 Å². The van der Waals surface area contributed by atoms with Crippen LogP contribution in [0.5, 0.6) is 0 Å². The van der Waals surface area contributed by atoms with E-state index < -0.39 is 0 Å². The normalized spacial score (nSPS) is 14.1. The molecular weight excluding hydrogens is 422 g/mol. The number of amides is 2. The zero-order valence-electron chi connectivity index (χ0n) is 18.7. The molecule has 0 unspecified atom stereocenters. The Labute approximate surface area is 196 Å². The number of nitrogens with zero attached hydrogens (tertiary/aromatic N) is 2. The average Bonchev–Trinajstić information content (AvgIpc) is 2.81. The summed E-state index contributed by atoms with van der Waals surface area (Å²) in [6.45, 7) is 4.82. The first kappa shape index (κ1) is 23.9. The number of carbonyl (C=O) groups is 2. The second kappa shape index (κ2) is 12.3. The number of benzene rings is 2. The maximum Gasteiger partial charge on any atom is 0.246 e. The van der Waals surface area contributed by atoms with E-state index in [1.165, 1.54) is 0 Å². The summed E-state index contributed by atoms with van der Waals surface area (Å²) in [5, 5.41) is 3.63. The third kappa shape index (κ3) is 7.13. The standard InChI is InChI=1S/C26H32ClN3O2/c1-2-3-4-8-11-25(31)28-23-20-22(27)13-14-24(23)29-16-18-30(19-17-29)26(32)15-12-21-9-6-5-7-10-21/h5-7,9-10,12-15,20H,2-4,8,11,16-19H2,1H3,(H,28,31)/b15-12+. The predicted molar refractivity (Wildman–Crippen MR) is 133 cm³/mol. The summed E-state index contributed by atoms with van der Waals surface area (Å²) < 4.78 is 0. The van der Waals surface area contributed by atoms with Crippen LogP contribution in [-0.4, -0.2) is 42.9 Å². The Morgan fingerprint density at radius 3 is 2.47 bits per heavy atom. The maximum absolute atomic E-state index is 12.6. The molecule has 1 aliphatic rings. The highest BCUT2D eigenvalue weighted by Crippen LogP contribution is 2.30. The molecule has 0 atom stereocenters. The van der Waals surface area contributed by atoms with Crippen LogP contribution < -0.4 is 10.2 Å². The zero-order valence-corrected chi connectivity index (χ0v) is 19.5. The molecule has 1 N–H and O–H groups in total. The van der Waals surface area contributed by atoms with Crippen molar-refractivity contribution in [2.45, 2.75) is 39.0 Å². The summed E-state index contributed by atoms with van der Waals surface area (Å²) in [5.74, 6) is 0.0368. The third-order valence-corrected chi connectivity index (χ3v) is 5.88. The number of anilines is 2. The lowest BCUT2D eigenvalue weighted by atomic mass is 10.1. The molecule has 1 aliphatic heterocycles. The van der Waals surface area contributed by atoms with Gasteiger partial charge in [-0.3, -0.25) is 9.59 Å². The molecule has 0 aliphatic carbocycles. The van der Waals surface area contributed by atoms with Gasteiger partial charge >= 0.3 is 0 Å². The number of hydrogen-bond acceptors (Lipinski definition) is 3. The molecule has 1 fully saturated rings. The summed E-state index contributed by atoms with van der Waals surface area (Å²) in [5.41, 5.74) is 2.70. The Hall–Kier alpha value is -2.79. The lowest BCUT2D eigenvalue weighted by molar-refractivity contribution is -0.126. The van der Waals surface area contributed by atoms with Gasteiger partial charge in [0.25, 0.3) is 0 Å². The monoisotopic (exact) mass is 453 g/mol. The van der Waals surface area contributed by atoms with E-state index in [9.17, 15) is 9.59 Å². The minimum Gasteiger partial charge on any atom is -0.366 e. The first-order chi connectivity index (χ1) is 15.6. The average molecular weight is 454 g/mol. The highest BCUT2D eigenvalue weighted by atomic mass is 35.5. The number of piperazine rings is 1. The highest BCUT2D eigenvalue weighted by Gasteiger charge is 2.22. The first-order valence-corrected chi connectivity index (χ1v) is 11.8. The maximum atomic E-state index is 12.6. The van der Waals surface area contributed by atoms with E-state index >= 15 is 0 Å². The van der Waals surface area contributed by atoms with Crippen molar-refractivity contribution in [3.05, 3.63) is 65.2 Å². The van der Waals surface area contributed by atoms with Gasteiger partial charge in [0.05, 0.1) is 11.4 Å². The summed E-state index contributed by atoms with van der Waals surface area (Å²) in [6.07, 6.45) is 8.27. The highest BCUT2D eigenvalue weighted by molar-refractivity contribution is 6.31. The van der Waals surface area contributed by atoms with E-state index in [4.69, 9.17) is 11.6 Å². The Balaban J connectivity index is 1.57. The van der Waals surface area contributed by atoms with Crippen LogP contribution in [0, 0.1) is 0 Å². The fourth-order valence-corrected chi connectivity index (χ4v) is 3.99. The van der Waals surface area contributed by atoms with Crippen LogP contribution in [0.25, 0.3) is 6.08 Å². The number of nitrogens with one attached hydrogen (secondary N) is 1. The lowest BCUT2D eigenvalue weighted by Gasteiger charge is -2.36. The molecule has 2 aromatic carbocycles. The molecule has 32 heavy (non-hydrogen) atoms. The van der Waals surface area contributed by atoms with Gasteiger partial charge in [0, 0.05) is 43.7 Å². The Bertz CT molecular complexity index is 922. The van der Waals surface area contributed by atoms with Crippen LogP contribution in [0.15, 0.2) is 54.6 Å². The van der Waals surface area contributed by atoms with Crippen molar-refractivity contribution in [1.29, 1.82) is 0 Å². The van der Waals surface area contributed by atoms with Crippen LogP contribution in [-0.2, 0) is 9.59 Å². The summed E-state index contributed by atoms with van der Waals surface area (Å²) in [6, 6.07) is 15.4. The molecule has 6 heteroatoms. The summed E-state index contributed by atoms with van der Waals surface area (Å²) >= 11 is 6.20. The van der Waals surface area contributed by atoms with Crippen molar-refractivity contribution >= 4 is 40.9 Å². The van der Waals surface area contributed by atoms with Gasteiger partial charge in [0.15, 0.2) is 0 Å². The molecule has 5 nitrogen and oxygen atoms in total. The number of halogens is 1. The molecule has 0 saturated carbocycles. The molecule has 3 rings (SSSR count). The van der Waals surface area contributed by atoms with Gasteiger partial charge in [-0.15, -0.1) is 0 Å². The number of carbonyl (C=O) groups excluding carboxylic acids is 2. The molecule has 0 aromatic heterocycles. The van der Waals surface area contributed by atoms with E-state index in [1.807, 2.05) is 53.4 Å². The number of hydrogen-bond donors (Lipinski definition) is 1. The SMILES string of the molecule is CCCCCCC(=O)Nc1cc(Cl)ccc1N1CCN(C(=O)/C=C/c2ccccc2)CC1. The molecule has 2 aromatic rings. The summed E-state index contributed by atoms with van der Waals surface area (Å²) in [7, 11) is 0.